The first-order valence-corrected chi connectivity index (χ1v) is 7.95. The molecule has 2 aromatic carbocycles. The Hall–Kier alpha value is -2.49. The Morgan fingerprint density at radius 1 is 1.00 bits per heavy atom. The number of methoxy groups -OCH3 is 2. The van der Waals surface area contributed by atoms with Crippen molar-refractivity contribution in [2.75, 3.05) is 21.3 Å². The Labute approximate surface area is 144 Å². The van der Waals surface area contributed by atoms with E-state index in [1.54, 1.807) is 31.3 Å². The molecule has 1 atom stereocenters. The zero-order valence-corrected chi connectivity index (χ0v) is 15.2. The van der Waals surface area contributed by atoms with Crippen molar-refractivity contribution in [1.29, 1.82) is 0 Å². The van der Waals surface area contributed by atoms with Gasteiger partial charge in [-0.05, 0) is 38.5 Å². The summed E-state index contributed by atoms with van der Waals surface area (Å²) in [6, 6.07) is 11.7. The molecule has 4 nitrogen and oxygen atoms in total. The maximum Gasteiger partial charge on any atom is 0.254 e. The number of hydrogen-bond acceptors (Lipinski definition) is 3. The highest BCUT2D eigenvalue weighted by atomic mass is 16.5. The molecule has 0 bridgehead atoms. The predicted molar refractivity (Wildman–Crippen MR) is 96.0 cm³/mol. The molecule has 0 aliphatic carbocycles. The zero-order chi connectivity index (χ0) is 17.9. The number of amides is 1. The van der Waals surface area contributed by atoms with Crippen LogP contribution < -0.4 is 9.47 Å². The molecule has 0 aliphatic rings. The molecule has 0 spiro atoms. The van der Waals surface area contributed by atoms with Crippen molar-refractivity contribution in [3.8, 4) is 11.5 Å². The van der Waals surface area contributed by atoms with Crippen LogP contribution >= 0.6 is 0 Å². The van der Waals surface area contributed by atoms with Crippen LogP contribution in [0.15, 0.2) is 36.4 Å². The molecule has 0 aromatic heterocycles. The number of aryl methyl sites for hydroxylation is 1. The fourth-order valence-corrected chi connectivity index (χ4v) is 2.66. The lowest BCUT2D eigenvalue weighted by Gasteiger charge is -2.26. The van der Waals surface area contributed by atoms with E-state index in [9.17, 15) is 4.79 Å². The molecule has 2 aromatic rings. The van der Waals surface area contributed by atoms with Gasteiger partial charge in [0.1, 0.15) is 11.5 Å². The average molecular weight is 327 g/mol. The van der Waals surface area contributed by atoms with Gasteiger partial charge in [-0.15, -0.1) is 0 Å². The number of nitrogens with zero attached hydrogens (tertiary/aromatic N) is 1. The molecule has 0 N–H and O–H groups in total. The Morgan fingerprint density at radius 3 is 1.96 bits per heavy atom. The second-order valence-electron chi connectivity index (χ2n) is 6.01. The first-order chi connectivity index (χ1) is 11.4. The number of carbonyl (C=O) groups is 1. The van der Waals surface area contributed by atoms with Gasteiger partial charge in [0.2, 0.25) is 0 Å². The van der Waals surface area contributed by atoms with Crippen LogP contribution in [0, 0.1) is 13.8 Å². The average Bonchev–Trinajstić information content (AvgIpc) is 2.60. The molecule has 0 aliphatic heterocycles. The van der Waals surface area contributed by atoms with Gasteiger partial charge in [0.05, 0.1) is 20.3 Å². The van der Waals surface area contributed by atoms with Gasteiger partial charge >= 0.3 is 0 Å². The fourth-order valence-electron chi connectivity index (χ4n) is 2.66. The third-order valence-corrected chi connectivity index (χ3v) is 4.46. The number of carbonyl (C=O) groups excluding carboxylic acids is 1. The third kappa shape index (κ3) is 3.53. The normalized spacial score (nSPS) is 11.8. The van der Waals surface area contributed by atoms with Crippen molar-refractivity contribution >= 4 is 5.91 Å². The van der Waals surface area contributed by atoms with Gasteiger partial charge in [-0.25, -0.2) is 0 Å². The van der Waals surface area contributed by atoms with E-state index in [0.717, 1.165) is 11.1 Å². The first-order valence-electron chi connectivity index (χ1n) is 7.95. The topological polar surface area (TPSA) is 38.8 Å². The summed E-state index contributed by atoms with van der Waals surface area (Å²) in [5, 5.41) is 0. The van der Waals surface area contributed by atoms with E-state index in [0.29, 0.717) is 17.1 Å². The predicted octanol–water partition coefficient (Wildman–Crippen LogP) is 4.15. The molecule has 0 radical (unpaired) electrons. The van der Waals surface area contributed by atoms with Gasteiger partial charge in [0.15, 0.2) is 0 Å². The monoisotopic (exact) mass is 327 g/mol. The summed E-state index contributed by atoms with van der Waals surface area (Å²) in [5.74, 6) is 1.22. The van der Waals surface area contributed by atoms with E-state index in [-0.39, 0.29) is 11.9 Å². The van der Waals surface area contributed by atoms with Gasteiger partial charge in [-0.3, -0.25) is 4.79 Å². The SMILES string of the molecule is COc1cc(C(=O)N(C)C(C)c2ccc(C)cc2)cc(OC)c1C. The van der Waals surface area contributed by atoms with E-state index in [4.69, 9.17) is 9.47 Å². The number of hydrogen-bond donors (Lipinski definition) is 0. The molecule has 1 unspecified atom stereocenters. The van der Waals surface area contributed by atoms with Crippen molar-refractivity contribution in [3.05, 3.63) is 58.7 Å². The Morgan fingerprint density at radius 2 is 1.50 bits per heavy atom. The van der Waals surface area contributed by atoms with Gasteiger partial charge in [-0.1, -0.05) is 29.8 Å². The molecular weight excluding hydrogens is 302 g/mol. The van der Waals surface area contributed by atoms with Gasteiger partial charge in [0, 0.05) is 18.2 Å². The second kappa shape index (κ2) is 7.39. The van der Waals surface area contributed by atoms with Crippen LogP contribution in [-0.2, 0) is 0 Å². The lowest BCUT2D eigenvalue weighted by atomic mass is 10.0. The van der Waals surface area contributed by atoms with Gasteiger partial charge in [-0.2, -0.15) is 0 Å². The fraction of sp³-hybridized carbons (Fsp3) is 0.350. The minimum Gasteiger partial charge on any atom is -0.496 e. The number of rotatable bonds is 5. The smallest absolute Gasteiger partial charge is 0.254 e. The Kier molecular flexibility index (Phi) is 5.50. The van der Waals surface area contributed by atoms with Crippen LogP contribution in [0.2, 0.25) is 0 Å². The Bertz CT molecular complexity index is 697. The molecule has 0 saturated heterocycles. The van der Waals surface area contributed by atoms with Crippen molar-refractivity contribution < 1.29 is 14.3 Å². The van der Waals surface area contributed by atoms with E-state index in [2.05, 4.69) is 24.3 Å². The highest BCUT2D eigenvalue weighted by Crippen LogP contribution is 2.31. The quantitative estimate of drug-likeness (QED) is 0.828. The summed E-state index contributed by atoms with van der Waals surface area (Å²) in [7, 11) is 5.00. The molecular formula is C20H25NO3. The zero-order valence-electron chi connectivity index (χ0n) is 15.2. The third-order valence-electron chi connectivity index (χ3n) is 4.46. The summed E-state index contributed by atoms with van der Waals surface area (Å²) in [6.07, 6.45) is 0. The highest BCUT2D eigenvalue weighted by Gasteiger charge is 2.21. The van der Waals surface area contributed by atoms with Gasteiger partial charge < -0.3 is 14.4 Å². The molecule has 4 heteroatoms. The summed E-state index contributed by atoms with van der Waals surface area (Å²) in [6.45, 7) is 5.98. The van der Waals surface area contributed by atoms with Gasteiger partial charge in [0.25, 0.3) is 5.91 Å². The molecule has 0 fully saturated rings. The molecule has 0 saturated carbocycles. The molecule has 128 valence electrons. The van der Waals surface area contributed by atoms with Crippen LogP contribution in [0.1, 0.15) is 40.0 Å². The Balaban J connectivity index is 2.31. The largest absolute Gasteiger partial charge is 0.496 e. The van der Waals surface area contributed by atoms with Crippen molar-refractivity contribution in [2.24, 2.45) is 0 Å². The van der Waals surface area contributed by atoms with E-state index < -0.39 is 0 Å². The molecule has 0 heterocycles. The second-order valence-corrected chi connectivity index (χ2v) is 6.01. The molecule has 24 heavy (non-hydrogen) atoms. The van der Waals surface area contributed by atoms with Crippen molar-refractivity contribution in [3.63, 3.8) is 0 Å². The van der Waals surface area contributed by atoms with Crippen LogP contribution in [0.5, 0.6) is 11.5 Å². The molecule has 2 rings (SSSR count). The summed E-state index contributed by atoms with van der Waals surface area (Å²) >= 11 is 0. The van der Waals surface area contributed by atoms with Crippen LogP contribution in [-0.4, -0.2) is 32.1 Å². The first kappa shape index (κ1) is 17.9. The van der Waals surface area contributed by atoms with E-state index in [1.165, 1.54) is 5.56 Å². The van der Waals surface area contributed by atoms with Crippen molar-refractivity contribution in [2.45, 2.75) is 26.8 Å². The standard InChI is InChI=1S/C20H25NO3/c1-13-7-9-16(10-8-13)15(3)21(4)20(22)17-11-18(23-5)14(2)19(12-17)24-6/h7-12,15H,1-6H3. The van der Waals surface area contributed by atoms with E-state index >= 15 is 0 Å². The van der Waals surface area contributed by atoms with Crippen LogP contribution in [0.25, 0.3) is 0 Å². The van der Waals surface area contributed by atoms with Crippen LogP contribution in [0.4, 0.5) is 0 Å². The maximum atomic E-state index is 12.9. The summed E-state index contributed by atoms with van der Waals surface area (Å²) < 4.78 is 10.7. The minimum atomic E-state index is -0.0697. The minimum absolute atomic E-state index is 0.0311. The highest BCUT2D eigenvalue weighted by molar-refractivity contribution is 5.95. The lowest BCUT2D eigenvalue weighted by Crippen LogP contribution is -2.29. The summed E-state index contributed by atoms with van der Waals surface area (Å²) in [5.41, 5.74) is 3.73. The summed E-state index contributed by atoms with van der Waals surface area (Å²) in [4.78, 5) is 14.6. The van der Waals surface area contributed by atoms with Crippen LogP contribution in [0.3, 0.4) is 0 Å². The van der Waals surface area contributed by atoms with E-state index in [1.807, 2.05) is 27.8 Å². The maximum absolute atomic E-state index is 12.9. The molecule has 1 amide bonds. The number of benzene rings is 2. The number of ether oxygens (including phenoxy) is 2. The lowest BCUT2D eigenvalue weighted by molar-refractivity contribution is 0.0742. The van der Waals surface area contributed by atoms with Crippen molar-refractivity contribution in [1.82, 2.24) is 4.90 Å².